The molecule has 2 aromatic heterocycles. The van der Waals surface area contributed by atoms with Crippen LogP contribution in [0.15, 0.2) is 47.2 Å². The summed E-state index contributed by atoms with van der Waals surface area (Å²) in [7, 11) is 0. The maximum absolute atomic E-state index is 12.2. The summed E-state index contributed by atoms with van der Waals surface area (Å²) < 4.78 is 0.888. The lowest BCUT2D eigenvalue weighted by Gasteiger charge is -2.34. The molecule has 0 unspecified atom stereocenters. The maximum atomic E-state index is 12.2. The molecule has 7 heteroatoms. The normalized spacial score (nSPS) is 15.4. The van der Waals surface area contributed by atoms with Crippen molar-refractivity contribution in [2.75, 3.05) is 31.5 Å². The zero-order chi connectivity index (χ0) is 16.1. The number of amides is 2. The molecule has 1 saturated heterocycles. The van der Waals surface area contributed by atoms with Crippen LogP contribution < -0.4 is 5.32 Å². The highest BCUT2D eigenvalue weighted by atomic mass is 79.9. The molecule has 0 bridgehead atoms. The van der Waals surface area contributed by atoms with E-state index in [0.717, 1.165) is 29.8 Å². The average Bonchev–Trinajstić information content (AvgIpc) is 2.58. The molecule has 0 radical (unpaired) electrons. The predicted molar refractivity (Wildman–Crippen MR) is 92.0 cm³/mol. The van der Waals surface area contributed by atoms with Gasteiger partial charge in [-0.15, -0.1) is 0 Å². The van der Waals surface area contributed by atoms with Crippen molar-refractivity contribution >= 4 is 27.8 Å². The van der Waals surface area contributed by atoms with E-state index in [1.54, 1.807) is 12.3 Å². The van der Waals surface area contributed by atoms with Gasteiger partial charge in [0.05, 0.1) is 5.69 Å². The fourth-order valence-corrected chi connectivity index (χ4v) is 2.70. The van der Waals surface area contributed by atoms with Crippen LogP contribution in [0.2, 0.25) is 0 Å². The summed E-state index contributed by atoms with van der Waals surface area (Å²) in [4.78, 5) is 24.9. The summed E-state index contributed by atoms with van der Waals surface area (Å²) in [6, 6.07) is 9.47. The van der Waals surface area contributed by atoms with E-state index in [-0.39, 0.29) is 6.03 Å². The fourth-order valence-electron chi connectivity index (χ4n) is 2.47. The van der Waals surface area contributed by atoms with Crippen molar-refractivity contribution in [3.05, 3.63) is 52.9 Å². The quantitative estimate of drug-likeness (QED) is 0.895. The lowest BCUT2D eigenvalue weighted by atomic mass is 10.3. The number of carbonyl (C=O) groups excluding carboxylic acids is 1. The van der Waals surface area contributed by atoms with Gasteiger partial charge in [0, 0.05) is 49.6 Å². The van der Waals surface area contributed by atoms with E-state index < -0.39 is 0 Å². The number of anilines is 1. The molecule has 0 spiro atoms. The van der Waals surface area contributed by atoms with E-state index in [0.29, 0.717) is 18.9 Å². The molecule has 0 atom stereocenters. The molecule has 2 aromatic rings. The number of nitrogens with one attached hydrogen (secondary N) is 1. The Kier molecular flexibility index (Phi) is 5.19. The molecule has 3 heterocycles. The van der Waals surface area contributed by atoms with Crippen molar-refractivity contribution in [3.63, 3.8) is 0 Å². The summed E-state index contributed by atoms with van der Waals surface area (Å²) in [5.74, 6) is 0.564. The minimum atomic E-state index is -0.0997. The van der Waals surface area contributed by atoms with Gasteiger partial charge in [-0.05, 0) is 40.2 Å². The van der Waals surface area contributed by atoms with E-state index in [1.165, 1.54) is 0 Å². The Balaban J connectivity index is 1.48. The zero-order valence-corrected chi connectivity index (χ0v) is 14.2. The van der Waals surface area contributed by atoms with Crippen molar-refractivity contribution in [1.82, 2.24) is 19.8 Å². The van der Waals surface area contributed by atoms with E-state index in [9.17, 15) is 4.79 Å². The molecule has 2 amide bonds. The molecule has 3 rings (SSSR count). The lowest BCUT2D eigenvalue weighted by molar-refractivity contribution is 0.142. The van der Waals surface area contributed by atoms with Crippen LogP contribution in [0.3, 0.4) is 0 Å². The fraction of sp³-hybridized carbons (Fsp3) is 0.312. The second kappa shape index (κ2) is 7.52. The monoisotopic (exact) mass is 375 g/mol. The van der Waals surface area contributed by atoms with Gasteiger partial charge in [-0.1, -0.05) is 6.07 Å². The van der Waals surface area contributed by atoms with Crippen molar-refractivity contribution in [3.8, 4) is 0 Å². The van der Waals surface area contributed by atoms with Crippen LogP contribution in [0, 0.1) is 0 Å². The van der Waals surface area contributed by atoms with Crippen LogP contribution in [-0.4, -0.2) is 52.0 Å². The average molecular weight is 376 g/mol. The molecule has 0 aromatic carbocycles. The number of hydrogen-bond donors (Lipinski definition) is 1. The van der Waals surface area contributed by atoms with Gasteiger partial charge >= 0.3 is 6.03 Å². The number of halogens is 1. The lowest BCUT2D eigenvalue weighted by Crippen LogP contribution is -2.49. The van der Waals surface area contributed by atoms with Gasteiger partial charge in [-0.2, -0.15) is 0 Å². The smallest absolute Gasteiger partial charge is 0.322 e. The van der Waals surface area contributed by atoms with Gasteiger partial charge < -0.3 is 4.90 Å². The summed E-state index contributed by atoms with van der Waals surface area (Å²) in [6.45, 7) is 3.92. The molecule has 1 fully saturated rings. The molecule has 1 aliphatic heterocycles. The standard InChI is InChI=1S/C16H18BrN5O/c17-13-4-5-15(19-11-13)20-16(23)22-9-7-21(8-10-22)12-14-3-1-2-6-18-14/h1-6,11H,7-10,12H2,(H,19,20,23). The number of nitrogens with zero attached hydrogens (tertiary/aromatic N) is 4. The van der Waals surface area contributed by atoms with Gasteiger partial charge in [0.2, 0.25) is 0 Å². The zero-order valence-electron chi connectivity index (χ0n) is 12.7. The van der Waals surface area contributed by atoms with Gasteiger partial charge in [-0.25, -0.2) is 9.78 Å². The summed E-state index contributed by atoms with van der Waals surface area (Å²) in [5.41, 5.74) is 1.06. The third kappa shape index (κ3) is 4.49. The van der Waals surface area contributed by atoms with Gasteiger partial charge in [0.1, 0.15) is 5.82 Å². The summed E-state index contributed by atoms with van der Waals surface area (Å²) in [6.07, 6.45) is 3.48. The molecule has 6 nitrogen and oxygen atoms in total. The highest BCUT2D eigenvalue weighted by Gasteiger charge is 2.21. The minimum Gasteiger partial charge on any atom is -0.322 e. The Morgan fingerprint density at radius 2 is 1.96 bits per heavy atom. The van der Waals surface area contributed by atoms with Crippen molar-refractivity contribution in [2.24, 2.45) is 0 Å². The Bertz CT molecular complexity index is 641. The molecular weight excluding hydrogens is 358 g/mol. The Morgan fingerprint density at radius 3 is 2.61 bits per heavy atom. The summed E-state index contributed by atoms with van der Waals surface area (Å²) in [5, 5.41) is 2.83. The second-order valence-electron chi connectivity index (χ2n) is 5.38. The topological polar surface area (TPSA) is 61.4 Å². The highest BCUT2D eigenvalue weighted by Crippen LogP contribution is 2.12. The second-order valence-corrected chi connectivity index (χ2v) is 6.29. The number of rotatable bonds is 3. The maximum Gasteiger partial charge on any atom is 0.323 e. The van der Waals surface area contributed by atoms with E-state index >= 15 is 0 Å². The van der Waals surface area contributed by atoms with E-state index in [1.807, 2.05) is 35.4 Å². The van der Waals surface area contributed by atoms with Crippen molar-refractivity contribution in [1.29, 1.82) is 0 Å². The predicted octanol–water partition coefficient (Wildman–Crippen LogP) is 2.59. The van der Waals surface area contributed by atoms with E-state index in [4.69, 9.17) is 0 Å². The Labute approximate surface area is 143 Å². The van der Waals surface area contributed by atoms with Gasteiger partial charge in [0.15, 0.2) is 0 Å². The van der Waals surface area contributed by atoms with Crippen LogP contribution in [0.1, 0.15) is 5.69 Å². The van der Waals surface area contributed by atoms with Crippen molar-refractivity contribution < 1.29 is 4.79 Å². The number of pyridine rings is 2. The van der Waals surface area contributed by atoms with Crippen LogP contribution >= 0.6 is 15.9 Å². The molecule has 23 heavy (non-hydrogen) atoms. The number of hydrogen-bond acceptors (Lipinski definition) is 4. The van der Waals surface area contributed by atoms with Crippen LogP contribution in [0.25, 0.3) is 0 Å². The van der Waals surface area contributed by atoms with Gasteiger partial charge in [-0.3, -0.25) is 15.2 Å². The first-order chi connectivity index (χ1) is 11.2. The van der Waals surface area contributed by atoms with Crippen LogP contribution in [0.5, 0.6) is 0 Å². The minimum absolute atomic E-state index is 0.0997. The largest absolute Gasteiger partial charge is 0.323 e. The molecule has 1 N–H and O–H groups in total. The first kappa shape index (κ1) is 15.9. The third-order valence-corrected chi connectivity index (χ3v) is 4.20. The van der Waals surface area contributed by atoms with E-state index in [2.05, 4.69) is 36.1 Å². The SMILES string of the molecule is O=C(Nc1ccc(Br)cn1)N1CCN(Cc2ccccn2)CC1. The number of carbonyl (C=O) groups is 1. The summed E-state index contributed by atoms with van der Waals surface area (Å²) >= 11 is 3.33. The number of piperazine rings is 1. The molecular formula is C16H18BrN5O. The molecule has 0 aliphatic carbocycles. The van der Waals surface area contributed by atoms with Gasteiger partial charge in [0.25, 0.3) is 0 Å². The van der Waals surface area contributed by atoms with Crippen LogP contribution in [0.4, 0.5) is 10.6 Å². The highest BCUT2D eigenvalue weighted by molar-refractivity contribution is 9.10. The molecule has 1 aliphatic rings. The number of urea groups is 1. The molecule has 0 saturated carbocycles. The number of aromatic nitrogens is 2. The first-order valence-electron chi connectivity index (χ1n) is 7.50. The molecule has 120 valence electrons. The Morgan fingerprint density at radius 1 is 1.13 bits per heavy atom. The van der Waals surface area contributed by atoms with Crippen LogP contribution in [-0.2, 0) is 6.54 Å². The Hall–Kier alpha value is -1.99. The third-order valence-electron chi connectivity index (χ3n) is 3.73. The first-order valence-corrected chi connectivity index (χ1v) is 8.30. The van der Waals surface area contributed by atoms with Crippen molar-refractivity contribution in [2.45, 2.75) is 6.54 Å².